The minimum atomic E-state index is -2.99. The summed E-state index contributed by atoms with van der Waals surface area (Å²) in [6.45, 7) is 4.77. The van der Waals surface area contributed by atoms with Gasteiger partial charge >= 0.3 is 0 Å². The van der Waals surface area contributed by atoms with Crippen LogP contribution in [0.3, 0.4) is 0 Å². The number of hydrogen-bond donors (Lipinski definition) is 2. The van der Waals surface area contributed by atoms with E-state index < -0.39 is 20.9 Å². The van der Waals surface area contributed by atoms with Gasteiger partial charge in [-0.15, -0.1) is 0 Å². The molecule has 2 atom stereocenters. The van der Waals surface area contributed by atoms with E-state index >= 15 is 0 Å². The summed E-state index contributed by atoms with van der Waals surface area (Å²) in [5, 5.41) is 6.32. The molecule has 0 aliphatic carbocycles. The maximum absolute atomic E-state index is 12.6. The number of nitrogens with one attached hydrogen (secondary N) is 2. The van der Waals surface area contributed by atoms with Crippen LogP contribution in [-0.2, 0) is 14.6 Å². The van der Waals surface area contributed by atoms with Crippen molar-refractivity contribution < 1.29 is 13.2 Å². The molecule has 2 fully saturated rings. The Hall–Kier alpha value is -0.620. The van der Waals surface area contributed by atoms with Crippen LogP contribution in [0.2, 0.25) is 0 Å². The SMILES string of the molecule is CCCC1(C(=O)NC2(C)CCS(=O)(=O)C2)CCCN1. The van der Waals surface area contributed by atoms with Gasteiger partial charge in [-0.25, -0.2) is 8.42 Å². The number of amides is 1. The van der Waals surface area contributed by atoms with Gasteiger partial charge in [0.2, 0.25) is 5.91 Å². The molecule has 2 aliphatic heterocycles. The number of sulfone groups is 1. The van der Waals surface area contributed by atoms with E-state index in [4.69, 9.17) is 0 Å². The highest BCUT2D eigenvalue weighted by Gasteiger charge is 2.45. The van der Waals surface area contributed by atoms with E-state index in [1.807, 2.05) is 6.92 Å². The van der Waals surface area contributed by atoms with Gasteiger partial charge in [0.05, 0.1) is 22.6 Å². The maximum atomic E-state index is 12.6. The molecule has 2 heterocycles. The third kappa shape index (κ3) is 3.11. The lowest BCUT2D eigenvalue weighted by Crippen LogP contribution is -2.59. The summed E-state index contributed by atoms with van der Waals surface area (Å²) in [6, 6.07) is 0. The van der Waals surface area contributed by atoms with Gasteiger partial charge in [0.15, 0.2) is 9.84 Å². The van der Waals surface area contributed by atoms with Gasteiger partial charge in [0.1, 0.15) is 0 Å². The van der Waals surface area contributed by atoms with Gasteiger partial charge in [0.25, 0.3) is 0 Å². The summed E-state index contributed by atoms with van der Waals surface area (Å²) in [5.74, 6) is 0.220. The van der Waals surface area contributed by atoms with E-state index in [0.717, 1.165) is 32.2 Å². The van der Waals surface area contributed by atoms with Crippen LogP contribution >= 0.6 is 0 Å². The Labute approximate surface area is 115 Å². The first-order valence-corrected chi connectivity index (χ1v) is 8.91. The molecule has 2 saturated heterocycles. The summed E-state index contributed by atoms with van der Waals surface area (Å²) in [7, 11) is -2.99. The van der Waals surface area contributed by atoms with Gasteiger partial charge < -0.3 is 10.6 Å². The van der Waals surface area contributed by atoms with Crippen molar-refractivity contribution >= 4 is 15.7 Å². The lowest BCUT2D eigenvalue weighted by molar-refractivity contribution is -0.129. The molecule has 0 radical (unpaired) electrons. The van der Waals surface area contributed by atoms with Crippen molar-refractivity contribution in [1.82, 2.24) is 10.6 Å². The molecule has 110 valence electrons. The molecule has 0 aromatic carbocycles. The first-order chi connectivity index (χ1) is 8.81. The molecule has 2 rings (SSSR count). The zero-order valence-corrected chi connectivity index (χ0v) is 12.6. The van der Waals surface area contributed by atoms with Crippen molar-refractivity contribution in [2.45, 2.75) is 57.0 Å². The topological polar surface area (TPSA) is 75.3 Å². The van der Waals surface area contributed by atoms with Crippen molar-refractivity contribution in [2.75, 3.05) is 18.1 Å². The highest BCUT2D eigenvalue weighted by molar-refractivity contribution is 7.91. The monoisotopic (exact) mass is 288 g/mol. The summed E-state index contributed by atoms with van der Waals surface area (Å²) in [4.78, 5) is 12.6. The highest BCUT2D eigenvalue weighted by atomic mass is 32.2. The Kier molecular flexibility index (Phi) is 3.93. The van der Waals surface area contributed by atoms with Crippen LogP contribution in [0.1, 0.15) is 46.0 Å². The van der Waals surface area contributed by atoms with E-state index in [1.54, 1.807) is 0 Å². The highest BCUT2D eigenvalue weighted by Crippen LogP contribution is 2.28. The fourth-order valence-corrected chi connectivity index (χ4v) is 5.35. The molecular formula is C13H24N2O3S. The minimum Gasteiger partial charge on any atom is -0.348 e. The zero-order chi connectivity index (χ0) is 14.1. The first-order valence-electron chi connectivity index (χ1n) is 7.09. The second-order valence-corrected chi connectivity index (χ2v) is 8.40. The molecule has 19 heavy (non-hydrogen) atoms. The smallest absolute Gasteiger partial charge is 0.240 e. The fourth-order valence-electron chi connectivity index (χ4n) is 3.26. The number of carbonyl (C=O) groups excluding carboxylic acids is 1. The second kappa shape index (κ2) is 5.05. The molecular weight excluding hydrogens is 264 g/mol. The Bertz CT molecular complexity index is 455. The van der Waals surface area contributed by atoms with Crippen LogP contribution < -0.4 is 10.6 Å². The van der Waals surface area contributed by atoms with Crippen molar-refractivity contribution in [1.29, 1.82) is 0 Å². The van der Waals surface area contributed by atoms with Crippen molar-refractivity contribution in [3.8, 4) is 0 Å². The molecule has 0 bridgehead atoms. The Morgan fingerprint density at radius 2 is 2.11 bits per heavy atom. The number of rotatable bonds is 4. The van der Waals surface area contributed by atoms with Crippen LogP contribution in [0, 0.1) is 0 Å². The summed E-state index contributed by atoms with van der Waals surface area (Å²) < 4.78 is 23.2. The molecule has 2 aliphatic rings. The van der Waals surface area contributed by atoms with Crippen molar-refractivity contribution in [3.05, 3.63) is 0 Å². The van der Waals surface area contributed by atoms with Crippen LogP contribution in [-0.4, -0.2) is 43.5 Å². The molecule has 1 amide bonds. The predicted octanol–water partition coefficient (Wildman–Crippen LogP) is 0.602. The van der Waals surface area contributed by atoms with Crippen LogP contribution in [0.5, 0.6) is 0 Å². The molecule has 0 aromatic heterocycles. The molecule has 0 saturated carbocycles. The Morgan fingerprint density at radius 1 is 1.37 bits per heavy atom. The third-order valence-corrected chi connectivity index (χ3v) is 6.18. The van der Waals surface area contributed by atoms with E-state index in [0.29, 0.717) is 6.42 Å². The predicted molar refractivity (Wildman–Crippen MR) is 74.7 cm³/mol. The Balaban J connectivity index is 2.08. The van der Waals surface area contributed by atoms with Gasteiger partial charge in [0, 0.05) is 0 Å². The fraction of sp³-hybridized carbons (Fsp3) is 0.923. The van der Waals surface area contributed by atoms with Crippen molar-refractivity contribution in [3.63, 3.8) is 0 Å². The van der Waals surface area contributed by atoms with Crippen LogP contribution in [0.4, 0.5) is 0 Å². The van der Waals surface area contributed by atoms with E-state index in [2.05, 4.69) is 17.6 Å². The van der Waals surface area contributed by atoms with Gasteiger partial charge in [-0.1, -0.05) is 13.3 Å². The average Bonchev–Trinajstić information content (AvgIpc) is 2.85. The first kappa shape index (κ1) is 14.8. The minimum absolute atomic E-state index is 0.0218. The Morgan fingerprint density at radius 3 is 2.58 bits per heavy atom. The maximum Gasteiger partial charge on any atom is 0.240 e. The summed E-state index contributed by atoms with van der Waals surface area (Å²) in [6.07, 6.45) is 4.11. The lowest BCUT2D eigenvalue weighted by Gasteiger charge is -2.33. The molecule has 5 nitrogen and oxygen atoms in total. The number of carbonyl (C=O) groups is 1. The quantitative estimate of drug-likeness (QED) is 0.794. The van der Waals surface area contributed by atoms with Gasteiger partial charge in [-0.3, -0.25) is 4.79 Å². The molecule has 0 spiro atoms. The summed E-state index contributed by atoms with van der Waals surface area (Å²) >= 11 is 0. The third-order valence-electron chi connectivity index (χ3n) is 4.27. The van der Waals surface area contributed by atoms with E-state index in [9.17, 15) is 13.2 Å². The van der Waals surface area contributed by atoms with Crippen molar-refractivity contribution in [2.24, 2.45) is 0 Å². The number of hydrogen-bond acceptors (Lipinski definition) is 4. The largest absolute Gasteiger partial charge is 0.348 e. The zero-order valence-electron chi connectivity index (χ0n) is 11.8. The van der Waals surface area contributed by atoms with E-state index in [-0.39, 0.29) is 17.4 Å². The standard InChI is InChI=1S/C13H24N2O3S/c1-3-5-13(6-4-8-14-13)11(16)15-12(2)7-9-19(17,18)10-12/h14H,3-10H2,1-2H3,(H,15,16). The lowest BCUT2D eigenvalue weighted by atomic mass is 9.89. The summed E-state index contributed by atoms with van der Waals surface area (Å²) in [5.41, 5.74) is -1.08. The average molecular weight is 288 g/mol. The molecule has 0 aromatic rings. The van der Waals surface area contributed by atoms with Gasteiger partial charge in [-0.05, 0) is 39.2 Å². The molecule has 2 N–H and O–H groups in total. The van der Waals surface area contributed by atoms with Crippen LogP contribution in [0.15, 0.2) is 0 Å². The van der Waals surface area contributed by atoms with Gasteiger partial charge in [-0.2, -0.15) is 0 Å². The second-order valence-electron chi connectivity index (χ2n) is 6.22. The van der Waals surface area contributed by atoms with E-state index in [1.165, 1.54) is 0 Å². The normalized spacial score (nSPS) is 37.4. The molecule has 6 heteroatoms. The van der Waals surface area contributed by atoms with Crippen LogP contribution in [0.25, 0.3) is 0 Å². The molecule has 2 unspecified atom stereocenters.